The number of methoxy groups -OCH3 is 1. The van der Waals surface area contributed by atoms with Gasteiger partial charge in [0.2, 0.25) is 0 Å². The second-order valence-electron chi connectivity index (χ2n) is 4.38. The van der Waals surface area contributed by atoms with Crippen LogP contribution < -0.4 is 11.3 Å². The highest BCUT2D eigenvalue weighted by Gasteiger charge is 2.16. The molecule has 0 aliphatic rings. The highest BCUT2D eigenvalue weighted by molar-refractivity contribution is 5.94. The highest BCUT2D eigenvalue weighted by Crippen LogP contribution is 2.16. The van der Waals surface area contributed by atoms with Gasteiger partial charge in [-0.15, -0.1) is 0 Å². The molecule has 0 radical (unpaired) electrons. The molecule has 0 saturated heterocycles. The molecule has 1 aromatic heterocycles. The molecule has 1 aromatic rings. The van der Waals surface area contributed by atoms with E-state index in [0.717, 1.165) is 5.76 Å². The second kappa shape index (κ2) is 6.53. The smallest absolute Gasteiger partial charge is 0.268 e. The maximum Gasteiger partial charge on any atom is 0.268 e. The quantitative estimate of drug-likeness (QED) is 0.443. The van der Waals surface area contributed by atoms with Crippen LogP contribution >= 0.6 is 0 Å². The monoisotopic (exact) mass is 255 g/mol. The molecule has 1 atom stereocenters. The molecule has 18 heavy (non-hydrogen) atoms. The molecular formula is C12H21N3O3. The Balaban J connectivity index is 2.71. The number of likely N-dealkylation sites (N-methyl/N-ethyl adjacent to an activating group) is 1. The third-order valence-corrected chi connectivity index (χ3v) is 2.91. The van der Waals surface area contributed by atoms with E-state index in [1.54, 1.807) is 20.1 Å². The number of aryl methyl sites for hydroxylation is 1. The predicted molar refractivity (Wildman–Crippen MR) is 67.9 cm³/mol. The first-order valence-corrected chi connectivity index (χ1v) is 5.79. The van der Waals surface area contributed by atoms with Crippen molar-refractivity contribution in [3.05, 3.63) is 23.2 Å². The summed E-state index contributed by atoms with van der Waals surface area (Å²) >= 11 is 0. The van der Waals surface area contributed by atoms with Crippen LogP contribution in [-0.2, 0) is 11.3 Å². The van der Waals surface area contributed by atoms with Gasteiger partial charge < -0.3 is 9.15 Å². The van der Waals surface area contributed by atoms with Gasteiger partial charge in [-0.1, -0.05) is 0 Å². The molecule has 0 saturated carbocycles. The molecular weight excluding hydrogens is 234 g/mol. The van der Waals surface area contributed by atoms with Gasteiger partial charge in [-0.05, 0) is 27.0 Å². The summed E-state index contributed by atoms with van der Waals surface area (Å²) in [5.41, 5.74) is 2.57. The number of hydrogen-bond donors (Lipinski definition) is 2. The van der Waals surface area contributed by atoms with E-state index in [4.69, 9.17) is 15.0 Å². The Morgan fingerprint density at radius 1 is 1.67 bits per heavy atom. The van der Waals surface area contributed by atoms with Gasteiger partial charge in [0.05, 0.1) is 18.7 Å². The zero-order chi connectivity index (χ0) is 13.7. The molecule has 102 valence electrons. The van der Waals surface area contributed by atoms with E-state index < -0.39 is 0 Å². The average molecular weight is 255 g/mol. The van der Waals surface area contributed by atoms with Crippen molar-refractivity contribution < 1.29 is 13.9 Å². The van der Waals surface area contributed by atoms with Gasteiger partial charge in [0.25, 0.3) is 5.91 Å². The summed E-state index contributed by atoms with van der Waals surface area (Å²) in [6, 6.07) is 1.99. The number of rotatable bonds is 6. The Kier molecular flexibility index (Phi) is 5.33. The van der Waals surface area contributed by atoms with Crippen LogP contribution in [0.5, 0.6) is 0 Å². The summed E-state index contributed by atoms with van der Waals surface area (Å²) in [7, 11) is 3.65. The Bertz CT molecular complexity index is 403. The van der Waals surface area contributed by atoms with Crippen LogP contribution in [-0.4, -0.2) is 37.6 Å². The molecule has 0 spiro atoms. The van der Waals surface area contributed by atoms with E-state index >= 15 is 0 Å². The molecule has 1 rings (SSSR count). The fraction of sp³-hybridized carbons (Fsp3) is 0.583. The minimum absolute atomic E-state index is 0.271. The molecule has 1 heterocycles. The SMILES string of the molecule is COCC(C)N(C)Cc1cc(C(=O)NN)c(C)o1. The lowest BCUT2D eigenvalue weighted by molar-refractivity contribution is 0.0952. The van der Waals surface area contributed by atoms with Crippen LogP contribution in [0.1, 0.15) is 28.8 Å². The molecule has 0 bridgehead atoms. The van der Waals surface area contributed by atoms with Crippen molar-refractivity contribution in [2.24, 2.45) is 5.84 Å². The third kappa shape index (κ3) is 3.56. The van der Waals surface area contributed by atoms with E-state index in [-0.39, 0.29) is 11.9 Å². The van der Waals surface area contributed by atoms with Crippen molar-refractivity contribution in [1.29, 1.82) is 0 Å². The molecule has 6 nitrogen and oxygen atoms in total. The van der Waals surface area contributed by atoms with Crippen LogP contribution in [0.15, 0.2) is 10.5 Å². The Hall–Kier alpha value is -1.37. The van der Waals surface area contributed by atoms with Crippen molar-refractivity contribution in [3.8, 4) is 0 Å². The summed E-state index contributed by atoms with van der Waals surface area (Å²) in [5.74, 6) is 6.07. The zero-order valence-electron chi connectivity index (χ0n) is 11.3. The van der Waals surface area contributed by atoms with Gasteiger partial charge in [-0.2, -0.15) is 0 Å². The fourth-order valence-corrected chi connectivity index (χ4v) is 1.69. The number of hydrogen-bond acceptors (Lipinski definition) is 5. The molecule has 1 unspecified atom stereocenters. The van der Waals surface area contributed by atoms with E-state index in [2.05, 4.69) is 17.2 Å². The van der Waals surface area contributed by atoms with Crippen LogP contribution in [0, 0.1) is 6.92 Å². The van der Waals surface area contributed by atoms with Gasteiger partial charge in [-0.3, -0.25) is 15.1 Å². The van der Waals surface area contributed by atoms with Gasteiger partial charge in [0.15, 0.2) is 0 Å². The molecule has 6 heteroatoms. The predicted octanol–water partition coefficient (Wildman–Crippen LogP) is 0.658. The number of ether oxygens (including phenoxy) is 1. The second-order valence-corrected chi connectivity index (χ2v) is 4.38. The number of nitrogen functional groups attached to an aromatic ring is 1. The molecule has 0 aliphatic heterocycles. The number of nitrogens with zero attached hydrogens (tertiary/aromatic N) is 1. The fourth-order valence-electron chi connectivity index (χ4n) is 1.69. The van der Waals surface area contributed by atoms with Gasteiger partial charge in [0, 0.05) is 13.2 Å². The van der Waals surface area contributed by atoms with Crippen molar-refractivity contribution in [2.75, 3.05) is 20.8 Å². The van der Waals surface area contributed by atoms with Crippen LogP contribution in [0.2, 0.25) is 0 Å². The summed E-state index contributed by atoms with van der Waals surface area (Å²) in [6.45, 7) is 5.06. The number of carbonyl (C=O) groups excluding carboxylic acids is 1. The Morgan fingerprint density at radius 2 is 2.33 bits per heavy atom. The molecule has 3 N–H and O–H groups in total. The van der Waals surface area contributed by atoms with Gasteiger partial charge in [-0.25, -0.2) is 5.84 Å². The van der Waals surface area contributed by atoms with E-state index in [0.29, 0.717) is 24.5 Å². The van der Waals surface area contributed by atoms with Crippen LogP contribution in [0.3, 0.4) is 0 Å². The number of furan rings is 1. The van der Waals surface area contributed by atoms with Gasteiger partial charge >= 0.3 is 0 Å². The molecule has 0 fully saturated rings. The Labute approximate surface area is 107 Å². The maximum absolute atomic E-state index is 11.4. The Morgan fingerprint density at radius 3 is 2.89 bits per heavy atom. The van der Waals surface area contributed by atoms with Gasteiger partial charge in [0.1, 0.15) is 11.5 Å². The summed E-state index contributed by atoms with van der Waals surface area (Å²) in [6.07, 6.45) is 0. The molecule has 0 aromatic carbocycles. The molecule has 1 amide bonds. The zero-order valence-corrected chi connectivity index (χ0v) is 11.3. The lowest BCUT2D eigenvalue weighted by Crippen LogP contribution is -2.32. The largest absolute Gasteiger partial charge is 0.464 e. The number of amides is 1. The standard InChI is InChI=1S/C12H21N3O3/c1-8(7-17-4)15(3)6-10-5-11(9(2)18-10)12(16)14-13/h5,8H,6-7,13H2,1-4H3,(H,14,16). The maximum atomic E-state index is 11.4. The summed E-state index contributed by atoms with van der Waals surface area (Å²) in [4.78, 5) is 13.5. The average Bonchev–Trinajstić information content (AvgIpc) is 2.69. The number of nitrogens with two attached hydrogens (primary N) is 1. The topological polar surface area (TPSA) is 80.7 Å². The number of hydrazine groups is 1. The minimum Gasteiger partial charge on any atom is -0.464 e. The summed E-state index contributed by atoms with van der Waals surface area (Å²) in [5, 5.41) is 0. The lowest BCUT2D eigenvalue weighted by Gasteiger charge is -2.22. The van der Waals surface area contributed by atoms with Crippen molar-refractivity contribution >= 4 is 5.91 Å². The number of carbonyl (C=O) groups is 1. The van der Waals surface area contributed by atoms with Crippen molar-refractivity contribution in [2.45, 2.75) is 26.4 Å². The first-order valence-electron chi connectivity index (χ1n) is 5.79. The van der Waals surface area contributed by atoms with Crippen molar-refractivity contribution in [1.82, 2.24) is 10.3 Å². The van der Waals surface area contributed by atoms with E-state index in [1.807, 2.05) is 7.05 Å². The highest BCUT2D eigenvalue weighted by atomic mass is 16.5. The van der Waals surface area contributed by atoms with Crippen LogP contribution in [0.25, 0.3) is 0 Å². The summed E-state index contributed by atoms with van der Waals surface area (Å²) < 4.78 is 10.6. The van der Waals surface area contributed by atoms with E-state index in [9.17, 15) is 4.79 Å². The first-order chi connectivity index (χ1) is 8.49. The van der Waals surface area contributed by atoms with E-state index in [1.165, 1.54) is 0 Å². The van der Waals surface area contributed by atoms with Crippen LogP contribution in [0.4, 0.5) is 0 Å². The van der Waals surface area contributed by atoms with Crippen molar-refractivity contribution in [3.63, 3.8) is 0 Å². The lowest BCUT2D eigenvalue weighted by atomic mass is 10.2. The number of nitrogens with one attached hydrogen (secondary N) is 1. The molecule has 0 aliphatic carbocycles. The minimum atomic E-state index is -0.338. The first kappa shape index (κ1) is 14.7. The third-order valence-electron chi connectivity index (χ3n) is 2.91. The normalized spacial score (nSPS) is 12.8.